The second-order valence-electron chi connectivity index (χ2n) is 1.68. The minimum atomic E-state index is 1.32. The molecule has 0 radical (unpaired) electrons. The normalized spacial score (nSPS) is 6.91. The molecule has 0 atom stereocenters. The van der Waals surface area contributed by atoms with Gasteiger partial charge in [-0.25, -0.2) is 4.98 Å². The van der Waals surface area contributed by atoms with Crippen LogP contribution in [0.1, 0.15) is 40.5 Å². The average Bonchev–Trinajstić information content (AvgIpc) is 2.65. The van der Waals surface area contributed by atoms with Crippen molar-refractivity contribution >= 4 is 0 Å². The molecule has 0 unspecified atom stereocenters. The highest BCUT2D eigenvalue weighted by atomic mass is 16.3. The quantitative estimate of drug-likeness (QED) is 0.623. The van der Waals surface area contributed by atoms with Crippen LogP contribution in [0, 0.1) is 0 Å². The summed E-state index contributed by atoms with van der Waals surface area (Å²) >= 11 is 0. The largest absolute Gasteiger partial charge is 0.452 e. The van der Waals surface area contributed by atoms with Gasteiger partial charge in [-0.3, -0.25) is 0 Å². The summed E-state index contributed by atoms with van der Waals surface area (Å²) in [7, 11) is 0. The monoisotopic (exact) mass is 157 g/mol. The minimum Gasteiger partial charge on any atom is -0.452 e. The van der Waals surface area contributed by atoms with Crippen LogP contribution in [0.3, 0.4) is 0 Å². The molecular weight excluding hydrogens is 138 g/mol. The van der Waals surface area contributed by atoms with E-state index in [1.54, 1.807) is 6.20 Å². The smallest absolute Gasteiger partial charge is 0.180 e. The Morgan fingerprint density at radius 3 is 1.82 bits per heavy atom. The molecule has 2 heteroatoms. The molecular formula is C9H19NO. The number of rotatable bonds is 1. The van der Waals surface area contributed by atoms with E-state index in [2.05, 4.69) is 23.2 Å². The first kappa shape index (κ1) is 12.8. The Morgan fingerprint density at radius 2 is 1.73 bits per heavy atom. The van der Waals surface area contributed by atoms with Crippen LogP contribution in [0.5, 0.6) is 0 Å². The standard InChI is InChI=1S/C4H10.C3H3NO.C2H6/c1-3-4-2;1-2-5-3-4-1;1-2/h3-4H2,1-2H3;1-3H;1-2H3. The summed E-state index contributed by atoms with van der Waals surface area (Å²) in [5, 5.41) is 0. The molecule has 1 aromatic heterocycles. The van der Waals surface area contributed by atoms with E-state index in [-0.39, 0.29) is 0 Å². The van der Waals surface area contributed by atoms with Crippen molar-refractivity contribution in [3.05, 3.63) is 18.9 Å². The second kappa shape index (κ2) is 16.1. The van der Waals surface area contributed by atoms with Crippen LogP contribution in [0.4, 0.5) is 0 Å². The van der Waals surface area contributed by atoms with Gasteiger partial charge in [0, 0.05) is 0 Å². The molecule has 0 aliphatic rings. The fraction of sp³-hybridized carbons (Fsp3) is 0.667. The van der Waals surface area contributed by atoms with E-state index < -0.39 is 0 Å². The second-order valence-corrected chi connectivity index (χ2v) is 1.68. The Hall–Kier alpha value is -0.790. The van der Waals surface area contributed by atoms with Crippen molar-refractivity contribution in [2.45, 2.75) is 40.5 Å². The number of hydrogen-bond acceptors (Lipinski definition) is 2. The van der Waals surface area contributed by atoms with E-state index in [0.29, 0.717) is 0 Å². The highest BCUT2D eigenvalue weighted by Gasteiger charge is 1.59. The molecule has 0 saturated carbocycles. The van der Waals surface area contributed by atoms with Crippen LogP contribution in [0.2, 0.25) is 0 Å². The van der Waals surface area contributed by atoms with Crippen molar-refractivity contribution in [3.63, 3.8) is 0 Å². The Kier molecular flexibility index (Phi) is 18.8. The minimum absolute atomic E-state index is 1.32. The van der Waals surface area contributed by atoms with Crippen LogP contribution < -0.4 is 0 Å². The molecule has 66 valence electrons. The predicted molar refractivity (Wildman–Crippen MR) is 48.4 cm³/mol. The van der Waals surface area contributed by atoms with Gasteiger partial charge in [0.1, 0.15) is 6.26 Å². The number of oxazole rings is 1. The van der Waals surface area contributed by atoms with E-state index in [1.807, 2.05) is 13.8 Å². The third-order valence-electron chi connectivity index (χ3n) is 0.847. The topological polar surface area (TPSA) is 26.0 Å². The zero-order valence-corrected chi connectivity index (χ0v) is 8.00. The zero-order chi connectivity index (χ0) is 8.95. The van der Waals surface area contributed by atoms with Crippen molar-refractivity contribution < 1.29 is 4.42 Å². The van der Waals surface area contributed by atoms with Crippen LogP contribution in [-0.4, -0.2) is 4.98 Å². The van der Waals surface area contributed by atoms with Crippen molar-refractivity contribution in [3.8, 4) is 0 Å². The molecule has 11 heavy (non-hydrogen) atoms. The molecule has 1 heterocycles. The zero-order valence-electron chi connectivity index (χ0n) is 8.00. The van der Waals surface area contributed by atoms with Gasteiger partial charge in [0.2, 0.25) is 0 Å². The average molecular weight is 157 g/mol. The van der Waals surface area contributed by atoms with E-state index in [1.165, 1.54) is 25.5 Å². The van der Waals surface area contributed by atoms with Gasteiger partial charge in [-0.15, -0.1) is 0 Å². The van der Waals surface area contributed by atoms with E-state index in [9.17, 15) is 0 Å². The van der Waals surface area contributed by atoms with Crippen LogP contribution >= 0.6 is 0 Å². The SMILES string of the molecule is CC.CCCC.c1cocn1. The highest BCUT2D eigenvalue weighted by Crippen LogP contribution is 1.76. The molecule has 1 rings (SSSR count). The number of nitrogens with zero attached hydrogens (tertiary/aromatic N) is 1. The Labute approximate surface area is 69.6 Å². The summed E-state index contributed by atoms with van der Waals surface area (Å²) < 4.78 is 4.47. The van der Waals surface area contributed by atoms with E-state index in [4.69, 9.17) is 0 Å². The summed E-state index contributed by atoms with van der Waals surface area (Å²) in [5.74, 6) is 0. The fourth-order valence-corrected chi connectivity index (χ4v) is 0.176. The summed E-state index contributed by atoms with van der Waals surface area (Å²) in [5.41, 5.74) is 0. The summed E-state index contributed by atoms with van der Waals surface area (Å²) in [4.78, 5) is 3.56. The Bertz CT molecular complexity index is 85.1. The molecule has 0 saturated heterocycles. The third kappa shape index (κ3) is 17.6. The fourth-order valence-electron chi connectivity index (χ4n) is 0.176. The molecule has 0 N–H and O–H groups in total. The maximum atomic E-state index is 4.47. The lowest BCUT2D eigenvalue weighted by Gasteiger charge is -1.68. The molecule has 2 nitrogen and oxygen atoms in total. The van der Waals surface area contributed by atoms with Gasteiger partial charge in [0.25, 0.3) is 0 Å². The summed E-state index contributed by atoms with van der Waals surface area (Å²) in [6.07, 6.45) is 7.11. The Balaban J connectivity index is 0. The van der Waals surface area contributed by atoms with Crippen molar-refractivity contribution in [1.29, 1.82) is 0 Å². The van der Waals surface area contributed by atoms with Gasteiger partial charge in [-0.1, -0.05) is 40.5 Å². The van der Waals surface area contributed by atoms with Gasteiger partial charge in [0.05, 0.1) is 6.20 Å². The number of aromatic nitrogens is 1. The number of unbranched alkanes of at least 4 members (excludes halogenated alkanes) is 1. The van der Waals surface area contributed by atoms with Crippen molar-refractivity contribution in [1.82, 2.24) is 4.98 Å². The van der Waals surface area contributed by atoms with Gasteiger partial charge >= 0.3 is 0 Å². The van der Waals surface area contributed by atoms with Gasteiger partial charge in [-0.2, -0.15) is 0 Å². The van der Waals surface area contributed by atoms with Crippen molar-refractivity contribution in [2.24, 2.45) is 0 Å². The van der Waals surface area contributed by atoms with Crippen LogP contribution in [0.25, 0.3) is 0 Å². The maximum Gasteiger partial charge on any atom is 0.180 e. The molecule has 0 aliphatic carbocycles. The molecule has 1 aromatic rings. The molecule has 0 aliphatic heterocycles. The van der Waals surface area contributed by atoms with Gasteiger partial charge < -0.3 is 4.42 Å². The summed E-state index contributed by atoms with van der Waals surface area (Å²) in [6, 6.07) is 0. The first-order chi connectivity index (χ1) is 5.41. The van der Waals surface area contributed by atoms with Crippen molar-refractivity contribution in [2.75, 3.05) is 0 Å². The third-order valence-corrected chi connectivity index (χ3v) is 0.847. The molecule has 0 fully saturated rings. The van der Waals surface area contributed by atoms with Gasteiger partial charge in [-0.05, 0) is 0 Å². The van der Waals surface area contributed by atoms with Crippen LogP contribution in [-0.2, 0) is 0 Å². The highest BCUT2D eigenvalue weighted by molar-refractivity contribution is 4.56. The first-order valence-electron chi connectivity index (χ1n) is 4.24. The summed E-state index contributed by atoms with van der Waals surface area (Å²) in [6.45, 7) is 8.36. The van der Waals surface area contributed by atoms with Gasteiger partial charge in [0.15, 0.2) is 6.39 Å². The number of hydrogen-bond donors (Lipinski definition) is 0. The molecule has 0 spiro atoms. The molecule has 0 amide bonds. The maximum absolute atomic E-state index is 4.47. The predicted octanol–water partition coefficient (Wildman–Crippen LogP) is 3.51. The lowest BCUT2D eigenvalue weighted by atomic mass is 10.4. The molecule has 0 bridgehead atoms. The Morgan fingerprint density at radius 1 is 1.18 bits per heavy atom. The van der Waals surface area contributed by atoms with E-state index >= 15 is 0 Å². The van der Waals surface area contributed by atoms with E-state index in [0.717, 1.165) is 0 Å². The van der Waals surface area contributed by atoms with Crippen LogP contribution in [0.15, 0.2) is 23.3 Å². The lowest BCUT2D eigenvalue weighted by molar-refractivity contribution is 0.558. The first-order valence-corrected chi connectivity index (χ1v) is 4.24. The lowest BCUT2D eigenvalue weighted by Crippen LogP contribution is -1.47. The molecule has 0 aromatic carbocycles.